The van der Waals surface area contributed by atoms with E-state index in [0.29, 0.717) is 12.1 Å². The van der Waals surface area contributed by atoms with Crippen LogP contribution in [-0.2, 0) is 4.74 Å². The Hall–Kier alpha value is -0.120. The first-order chi connectivity index (χ1) is 10.2. The van der Waals surface area contributed by atoms with Crippen LogP contribution in [0.2, 0.25) is 0 Å². The zero-order chi connectivity index (χ0) is 15.1. The van der Waals surface area contributed by atoms with Crippen LogP contribution in [0.25, 0.3) is 0 Å². The van der Waals surface area contributed by atoms with Gasteiger partial charge in [-0.05, 0) is 44.6 Å². The highest BCUT2D eigenvalue weighted by molar-refractivity contribution is 4.88. The summed E-state index contributed by atoms with van der Waals surface area (Å²) in [4.78, 5) is 2.77. The van der Waals surface area contributed by atoms with E-state index >= 15 is 0 Å². The highest BCUT2D eigenvalue weighted by Crippen LogP contribution is 2.21. The maximum absolute atomic E-state index is 5.76. The summed E-state index contributed by atoms with van der Waals surface area (Å²) >= 11 is 0. The molecule has 124 valence electrons. The van der Waals surface area contributed by atoms with Crippen LogP contribution in [0.15, 0.2) is 0 Å². The Bertz CT molecular complexity index is 278. The third-order valence-electron chi connectivity index (χ3n) is 5.51. The molecule has 0 aromatic heterocycles. The number of hydrogen-bond acceptors (Lipinski definition) is 3. The summed E-state index contributed by atoms with van der Waals surface area (Å²) < 4.78 is 5.76. The van der Waals surface area contributed by atoms with Gasteiger partial charge in [-0.2, -0.15) is 0 Å². The van der Waals surface area contributed by atoms with E-state index in [0.717, 1.165) is 18.6 Å². The summed E-state index contributed by atoms with van der Waals surface area (Å²) in [6, 6.07) is 1.44. The van der Waals surface area contributed by atoms with Crippen LogP contribution in [-0.4, -0.2) is 49.3 Å². The standard InChI is InChI=1S/C18H36N2O/c1-4-8-16-13-19-18(15(3)5-2)14-20(16)11-6-9-17-10-7-12-21-17/h15-19H,4-14H2,1-3H3. The van der Waals surface area contributed by atoms with Gasteiger partial charge in [-0.3, -0.25) is 4.90 Å². The SMILES string of the molecule is CCCC1CNC(C(C)CC)CN1CCCC1CCCO1. The molecule has 1 N–H and O–H groups in total. The van der Waals surface area contributed by atoms with Gasteiger partial charge >= 0.3 is 0 Å². The molecule has 0 spiro atoms. The highest BCUT2D eigenvalue weighted by atomic mass is 16.5. The Kier molecular flexibility index (Phi) is 7.48. The molecule has 0 aliphatic carbocycles. The summed E-state index contributed by atoms with van der Waals surface area (Å²) in [5, 5.41) is 3.80. The number of nitrogens with zero attached hydrogens (tertiary/aromatic N) is 1. The molecule has 2 aliphatic rings. The molecule has 4 atom stereocenters. The molecule has 4 unspecified atom stereocenters. The molecule has 0 bridgehead atoms. The van der Waals surface area contributed by atoms with Gasteiger partial charge in [0.1, 0.15) is 0 Å². The molecule has 0 aromatic rings. The molecular formula is C18H36N2O. The lowest BCUT2D eigenvalue weighted by molar-refractivity contribution is 0.0794. The number of rotatable bonds is 8. The van der Waals surface area contributed by atoms with Crippen LogP contribution < -0.4 is 5.32 Å². The largest absolute Gasteiger partial charge is 0.378 e. The fourth-order valence-corrected chi connectivity index (χ4v) is 3.83. The van der Waals surface area contributed by atoms with E-state index < -0.39 is 0 Å². The maximum atomic E-state index is 5.76. The Labute approximate surface area is 131 Å². The van der Waals surface area contributed by atoms with Gasteiger partial charge in [0.25, 0.3) is 0 Å². The number of hydrogen-bond donors (Lipinski definition) is 1. The Morgan fingerprint density at radius 3 is 2.81 bits per heavy atom. The van der Waals surface area contributed by atoms with Crippen LogP contribution in [0.5, 0.6) is 0 Å². The van der Waals surface area contributed by atoms with Gasteiger partial charge in [0.15, 0.2) is 0 Å². The number of nitrogens with one attached hydrogen (secondary N) is 1. The van der Waals surface area contributed by atoms with Crippen LogP contribution in [0.3, 0.4) is 0 Å². The summed E-state index contributed by atoms with van der Waals surface area (Å²) in [7, 11) is 0. The van der Waals surface area contributed by atoms with Crippen molar-refractivity contribution in [1.29, 1.82) is 0 Å². The minimum absolute atomic E-state index is 0.558. The minimum Gasteiger partial charge on any atom is -0.378 e. The van der Waals surface area contributed by atoms with Crippen molar-refractivity contribution < 1.29 is 4.74 Å². The smallest absolute Gasteiger partial charge is 0.0576 e. The summed E-state index contributed by atoms with van der Waals surface area (Å²) in [6.07, 6.45) is 9.59. The van der Waals surface area contributed by atoms with E-state index in [1.54, 1.807) is 0 Å². The zero-order valence-electron chi connectivity index (χ0n) is 14.4. The monoisotopic (exact) mass is 296 g/mol. The van der Waals surface area contributed by atoms with Gasteiger partial charge in [-0.25, -0.2) is 0 Å². The fourth-order valence-electron chi connectivity index (χ4n) is 3.83. The van der Waals surface area contributed by atoms with E-state index in [1.807, 2.05) is 0 Å². The van der Waals surface area contributed by atoms with Crippen molar-refractivity contribution in [3.05, 3.63) is 0 Å². The van der Waals surface area contributed by atoms with Crippen molar-refractivity contribution >= 4 is 0 Å². The van der Waals surface area contributed by atoms with E-state index in [9.17, 15) is 0 Å². The molecule has 2 saturated heterocycles. The quantitative estimate of drug-likeness (QED) is 0.742. The molecule has 0 aromatic carbocycles. The molecule has 0 saturated carbocycles. The Morgan fingerprint density at radius 1 is 1.29 bits per heavy atom. The molecule has 2 rings (SSSR count). The molecule has 0 radical (unpaired) electrons. The highest BCUT2D eigenvalue weighted by Gasteiger charge is 2.29. The molecule has 2 aliphatic heterocycles. The first-order valence-corrected chi connectivity index (χ1v) is 9.33. The van der Waals surface area contributed by atoms with Crippen molar-refractivity contribution in [2.45, 2.75) is 83.9 Å². The van der Waals surface area contributed by atoms with E-state index in [2.05, 4.69) is 31.0 Å². The van der Waals surface area contributed by atoms with Crippen molar-refractivity contribution in [2.75, 3.05) is 26.2 Å². The molecule has 0 amide bonds. The number of piperazine rings is 1. The lowest BCUT2D eigenvalue weighted by atomic mass is 9.94. The summed E-state index contributed by atoms with van der Waals surface area (Å²) in [5.41, 5.74) is 0. The molecule has 3 heteroatoms. The van der Waals surface area contributed by atoms with Crippen LogP contribution in [0.1, 0.15) is 65.7 Å². The predicted octanol–water partition coefficient (Wildman–Crippen LogP) is 3.43. The van der Waals surface area contributed by atoms with Gasteiger partial charge in [-0.15, -0.1) is 0 Å². The van der Waals surface area contributed by atoms with Gasteiger partial charge in [0.05, 0.1) is 6.10 Å². The Balaban J connectivity index is 1.78. The molecule has 2 fully saturated rings. The topological polar surface area (TPSA) is 24.5 Å². The average molecular weight is 296 g/mol. The molecule has 3 nitrogen and oxygen atoms in total. The molecule has 21 heavy (non-hydrogen) atoms. The third-order valence-corrected chi connectivity index (χ3v) is 5.51. The van der Waals surface area contributed by atoms with Gasteiger partial charge < -0.3 is 10.1 Å². The fraction of sp³-hybridized carbons (Fsp3) is 1.00. The van der Waals surface area contributed by atoms with E-state index in [-0.39, 0.29) is 0 Å². The summed E-state index contributed by atoms with van der Waals surface area (Å²) in [5.74, 6) is 0.785. The van der Waals surface area contributed by atoms with Crippen LogP contribution >= 0.6 is 0 Å². The second kappa shape index (κ2) is 9.12. The third kappa shape index (κ3) is 5.22. The summed E-state index contributed by atoms with van der Waals surface area (Å²) in [6.45, 7) is 11.7. The minimum atomic E-state index is 0.558. The van der Waals surface area contributed by atoms with Gasteiger partial charge in [0, 0.05) is 31.8 Å². The van der Waals surface area contributed by atoms with Crippen molar-refractivity contribution in [3.8, 4) is 0 Å². The molecular weight excluding hydrogens is 260 g/mol. The second-order valence-corrected chi connectivity index (χ2v) is 7.11. The lowest BCUT2D eigenvalue weighted by Gasteiger charge is -2.42. The zero-order valence-corrected chi connectivity index (χ0v) is 14.4. The Morgan fingerprint density at radius 2 is 2.14 bits per heavy atom. The normalized spacial score (nSPS) is 32.4. The van der Waals surface area contributed by atoms with Crippen molar-refractivity contribution in [1.82, 2.24) is 10.2 Å². The lowest BCUT2D eigenvalue weighted by Crippen LogP contribution is -2.58. The van der Waals surface area contributed by atoms with Gasteiger partial charge in [-0.1, -0.05) is 33.6 Å². The van der Waals surface area contributed by atoms with Crippen LogP contribution in [0.4, 0.5) is 0 Å². The second-order valence-electron chi connectivity index (χ2n) is 7.11. The van der Waals surface area contributed by atoms with Crippen LogP contribution in [0, 0.1) is 5.92 Å². The number of ether oxygens (including phenoxy) is 1. The van der Waals surface area contributed by atoms with E-state index in [4.69, 9.17) is 4.74 Å². The average Bonchev–Trinajstić information content (AvgIpc) is 3.01. The molecule has 2 heterocycles. The first-order valence-electron chi connectivity index (χ1n) is 9.33. The van der Waals surface area contributed by atoms with E-state index in [1.165, 1.54) is 64.6 Å². The van der Waals surface area contributed by atoms with Crippen molar-refractivity contribution in [3.63, 3.8) is 0 Å². The predicted molar refractivity (Wildman–Crippen MR) is 89.7 cm³/mol. The van der Waals surface area contributed by atoms with Crippen molar-refractivity contribution in [2.24, 2.45) is 5.92 Å². The first kappa shape index (κ1) is 17.2. The maximum Gasteiger partial charge on any atom is 0.0576 e. The van der Waals surface area contributed by atoms with Gasteiger partial charge in [0.2, 0.25) is 0 Å².